The van der Waals surface area contributed by atoms with E-state index in [0.29, 0.717) is 31.0 Å². The smallest absolute Gasteiger partial charge is 0.253 e. The number of nitrogens with zero attached hydrogens (tertiary/aromatic N) is 5. The Balaban J connectivity index is 1.52. The average Bonchev–Trinajstić information content (AvgIpc) is 3.63. The van der Waals surface area contributed by atoms with Gasteiger partial charge in [-0.1, -0.05) is 78.9 Å². The lowest BCUT2D eigenvalue weighted by atomic mass is 10.0. The fourth-order valence-electron chi connectivity index (χ4n) is 4.97. The van der Waals surface area contributed by atoms with Crippen molar-refractivity contribution in [3.8, 4) is 0 Å². The van der Waals surface area contributed by atoms with Crippen LogP contribution in [0.15, 0.2) is 107 Å². The SMILES string of the molecule is Cc1ccc2cc([C@H](c3nnnn3Cc3ccccc3)N(Cc3ccccc3)Cc3cccs3)c(=O)[nH]c2c1. The van der Waals surface area contributed by atoms with Crippen LogP contribution in [0.4, 0.5) is 0 Å². The molecule has 3 aromatic carbocycles. The minimum atomic E-state index is -0.486. The molecule has 39 heavy (non-hydrogen) atoms. The number of thiophene rings is 1. The van der Waals surface area contributed by atoms with Crippen molar-refractivity contribution in [3.05, 3.63) is 146 Å². The molecular weight excluding hydrogens is 504 g/mol. The highest BCUT2D eigenvalue weighted by Gasteiger charge is 2.31. The molecule has 0 aliphatic carbocycles. The van der Waals surface area contributed by atoms with Gasteiger partial charge in [0.05, 0.1) is 6.54 Å². The first kappa shape index (κ1) is 24.9. The molecule has 0 spiro atoms. The molecule has 6 rings (SSSR count). The Kier molecular flexibility index (Phi) is 7.12. The molecule has 8 heteroatoms. The Morgan fingerprint density at radius 2 is 1.67 bits per heavy atom. The van der Waals surface area contributed by atoms with E-state index in [1.54, 1.807) is 11.3 Å². The molecular formula is C31H28N6OS. The van der Waals surface area contributed by atoms with E-state index in [1.807, 2.05) is 60.1 Å². The van der Waals surface area contributed by atoms with Gasteiger partial charge in [-0.3, -0.25) is 9.69 Å². The molecule has 3 aromatic heterocycles. The van der Waals surface area contributed by atoms with Crippen LogP contribution < -0.4 is 5.56 Å². The molecule has 6 aromatic rings. The maximum Gasteiger partial charge on any atom is 0.253 e. The van der Waals surface area contributed by atoms with Crippen molar-refractivity contribution in [2.24, 2.45) is 0 Å². The Hall–Kier alpha value is -4.40. The topological polar surface area (TPSA) is 79.7 Å². The van der Waals surface area contributed by atoms with Gasteiger partial charge in [-0.15, -0.1) is 16.4 Å². The monoisotopic (exact) mass is 532 g/mol. The minimum absolute atomic E-state index is 0.142. The molecule has 0 aliphatic rings. The van der Waals surface area contributed by atoms with E-state index in [1.165, 1.54) is 4.88 Å². The third kappa shape index (κ3) is 5.57. The molecule has 194 valence electrons. The van der Waals surface area contributed by atoms with Gasteiger partial charge in [0.15, 0.2) is 5.82 Å². The first-order valence-corrected chi connectivity index (χ1v) is 13.8. The van der Waals surface area contributed by atoms with Gasteiger partial charge in [-0.25, -0.2) is 4.68 Å². The number of tetrazole rings is 1. The van der Waals surface area contributed by atoms with Crippen molar-refractivity contribution in [2.45, 2.75) is 32.6 Å². The van der Waals surface area contributed by atoms with Crippen LogP contribution in [-0.2, 0) is 19.6 Å². The number of fused-ring (bicyclic) bond motifs is 1. The van der Waals surface area contributed by atoms with Gasteiger partial charge in [-0.05, 0) is 63.0 Å². The van der Waals surface area contributed by atoms with Crippen molar-refractivity contribution >= 4 is 22.2 Å². The molecule has 1 N–H and O–H groups in total. The molecule has 7 nitrogen and oxygen atoms in total. The number of hydrogen-bond donors (Lipinski definition) is 1. The van der Waals surface area contributed by atoms with Crippen molar-refractivity contribution < 1.29 is 0 Å². The molecule has 0 aliphatic heterocycles. The van der Waals surface area contributed by atoms with Crippen molar-refractivity contribution in [1.82, 2.24) is 30.1 Å². The molecule has 0 saturated carbocycles. The zero-order valence-corrected chi connectivity index (χ0v) is 22.4. The first-order valence-electron chi connectivity index (χ1n) is 12.9. The quantitative estimate of drug-likeness (QED) is 0.257. The Morgan fingerprint density at radius 3 is 2.41 bits per heavy atom. The van der Waals surface area contributed by atoms with Gasteiger partial charge in [0.25, 0.3) is 5.56 Å². The van der Waals surface area contributed by atoms with Crippen LogP contribution in [0.1, 0.15) is 39.0 Å². The number of rotatable bonds is 9. The van der Waals surface area contributed by atoms with Gasteiger partial charge in [-0.2, -0.15) is 0 Å². The summed E-state index contributed by atoms with van der Waals surface area (Å²) < 4.78 is 1.81. The zero-order chi connectivity index (χ0) is 26.6. The van der Waals surface area contributed by atoms with Crippen molar-refractivity contribution in [1.29, 1.82) is 0 Å². The minimum Gasteiger partial charge on any atom is -0.322 e. The summed E-state index contributed by atoms with van der Waals surface area (Å²) in [6, 6.07) is 32.2. The van der Waals surface area contributed by atoms with E-state index in [2.05, 4.69) is 79.3 Å². The third-order valence-electron chi connectivity index (χ3n) is 6.84. The first-order chi connectivity index (χ1) is 19.1. The molecule has 3 heterocycles. The van der Waals surface area contributed by atoms with Gasteiger partial charge in [0, 0.05) is 29.0 Å². The zero-order valence-electron chi connectivity index (χ0n) is 21.6. The Bertz CT molecular complexity index is 1730. The number of hydrogen-bond acceptors (Lipinski definition) is 6. The average molecular weight is 533 g/mol. The van der Waals surface area contributed by atoms with Crippen LogP contribution in [0.25, 0.3) is 10.9 Å². The van der Waals surface area contributed by atoms with Crippen LogP contribution >= 0.6 is 11.3 Å². The number of nitrogens with one attached hydrogen (secondary N) is 1. The fraction of sp³-hybridized carbons (Fsp3) is 0.161. The van der Waals surface area contributed by atoms with E-state index in [0.717, 1.165) is 27.6 Å². The van der Waals surface area contributed by atoms with E-state index in [-0.39, 0.29) is 5.56 Å². The maximum absolute atomic E-state index is 13.8. The summed E-state index contributed by atoms with van der Waals surface area (Å²) in [6.07, 6.45) is 0. The van der Waals surface area contributed by atoms with E-state index in [9.17, 15) is 4.79 Å². The normalized spacial score (nSPS) is 12.3. The number of H-pyrrole nitrogens is 1. The number of benzene rings is 3. The van der Waals surface area contributed by atoms with Gasteiger partial charge in [0.1, 0.15) is 6.04 Å². The molecule has 0 saturated heterocycles. The molecule has 0 fully saturated rings. The highest BCUT2D eigenvalue weighted by Crippen LogP contribution is 2.31. The summed E-state index contributed by atoms with van der Waals surface area (Å²) in [4.78, 5) is 20.4. The third-order valence-corrected chi connectivity index (χ3v) is 7.70. The van der Waals surface area contributed by atoms with Gasteiger partial charge in [0.2, 0.25) is 0 Å². The predicted molar refractivity (Wildman–Crippen MR) is 155 cm³/mol. The number of pyridine rings is 1. The maximum atomic E-state index is 13.8. The van der Waals surface area contributed by atoms with Crippen LogP contribution in [0.2, 0.25) is 0 Å². The molecule has 0 unspecified atom stereocenters. The lowest BCUT2D eigenvalue weighted by molar-refractivity contribution is 0.196. The second-order valence-corrected chi connectivity index (χ2v) is 10.7. The van der Waals surface area contributed by atoms with Crippen LogP contribution in [0, 0.1) is 6.92 Å². The number of aryl methyl sites for hydroxylation is 1. The van der Waals surface area contributed by atoms with E-state index in [4.69, 9.17) is 0 Å². The summed E-state index contributed by atoms with van der Waals surface area (Å²) in [7, 11) is 0. The highest BCUT2D eigenvalue weighted by molar-refractivity contribution is 7.09. The summed E-state index contributed by atoms with van der Waals surface area (Å²) >= 11 is 1.70. The van der Waals surface area contributed by atoms with Crippen LogP contribution in [0.3, 0.4) is 0 Å². The number of aromatic amines is 1. The standard InChI is InChI=1S/C31H28N6OS/c1-22-14-15-25-18-27(31(38)32-28(25)17-22)29(30-33-34-35-37(30)20-24-11-6-3-7-12-24)36(21-26-13-8-16-39-26)19-23-9-4-2-5-10-23/h2-18,29H,19-21H2,1H3,(H,32,38)/t29-/m1/s1. The van der Waals surface area contributed by atoms with Gasteiger partial charge >= 0.3 is 0 Å². The van der Waals surface area contributed by atoms with Crippen LogP contribution in [-0.4, -0.2) is 30.1 Å². The summed E-state index contributed by atoms with van der Waals surface area (Å²) in [5.74, 6) is 0.628. The van der Waals surface area contributed by atoms with Crippen LogP contribution in [0.5, 0.6) is 0 Å². The predicted octanol–water partition coefficient (Wildman–Crippen LogP) is 5.72. The molecule has 0 amide bonds. The summed E-state index contributed by atoms with van der Waals surface area (Å²) in [6.45, 7) is 3.78. The van der Waals surface area contributed by atoms with Crippen molar-refractivity contribution in [2.75, 3.05) is 0 Å². The molecule has 1 atom stereocenters. The number of aromatic nitrogens is 5. The Labute approximate surface area is 230 Å². The Morgan fingerprint density at radius 1 is 0.897 bits per heavy atom. The lowest BCUT2D eigenvalue weighted by Crippen LogP contribution is -2.34. The summed E-state index contributed by atoms with van der Waals surface area (Å²) in [5, 5.41) is 16.0. The van der Waals surface area contributed by atoms with E-state index >= 15 is 0 Å². The summed E-state index contributed by atoms with van der Waals surface area (Å²) in [5.41, 5.74) is 4.62. The molecule has 0 radical (unpaired) electrons. The highest BCUT2D eigenvalue weighted by atomic mass is 32.1. The largest absolute Gasteiger partial charge is 0.322 e. The lowest BCUT2D eigenvalue weighted by Gasteiger charge is -2.31. The van der Waals surface area contributed by atoms with Crippen molar-refractivity contribution in [3.63, 3.8) is 0 Å². The van der Waals surface area contributed by atoms with E-state index < -0.39 is 6.04 Å². The second kappa shape index (κ2) is 11.1. The fourth-order valence-corrected chi connectivity index (χ4v) is 5.70. The molecule has 0 bridgehead atoms. The second-order valence-electron chi connectivity index (χ2n) is 9.70. The van der Waals surface area contributed by atoms with Gasteiger partial charge < -0.3 is 4.98 Å².